The summed E-state index contributed by atoms with van der Waals surface area (Å²) in [7, 11) is 0. The minimum absolute atomic E-state index is 0.0432. The maximum atomic E-state index is 9.47. The number of benzene rings is 1. The molecule has 0 bridgehead atoms. The second-order valence-electron chi connectivity index (χ2n) is 4.91. The SMILES string of the molecule is CC1CN(Cc2ccc(O)c(O)c2)C(C)CN1. The lowest BCUT2D eigenvalue weighted by molar-refractivity contribution is 0.138. The Balaban J connectivity index is 2.06. The first kappa shape index (κ1) is 12.2. The average molecular weight is 236 g/mol. The van der Waals surface area contributed by atoms with E-state index in [4.69, 9.17) is 0 Å². The van der Waals surface area contributed by atoms with Crippen molar-refractivity contribution in [3.63, 3.8) is 0 Å². The van der Waals surface area contributed by atoms with Crippen molar-refractivity contribution in [2.45, 2.75) is 32.5 Å². The van der Waals surface area contributed by atoms with E-state index in [0.29, 0.717) is 12.1 Å². The Bertz CT molecular complexity index is 395. The Hall–Kier alpha value is -1.26. The van der Waals surface area contributed by atoms with Gasteiger partial charge in [-0.1, -0.05) is 6.07 Å². The van der Waals surface area contributed by atoms with Crippen LogP contribution in [0.3, 0.4) is 0 Å². The van der Waals surface area contributed by atoms with Crippen molar-refractivity contribution in [2.75, 3.05) is 13.1 Å². The smallest absolute Gasteiger partial charge is 0.157 e. The molecule has 1 heterocycles. The quantitative estimate of drug-likeness (QED) is 0.677. The molecule has 0 aliphatic carbocycles. The molecule has 2 unspecified atom stereocenters. The van der Waals surface area contributed by atoms with Gasteiger partial charge in [-0.25, -0.2) is 0 Å². The highest BCUT2D eigenvalue weighted by Gasteiger charge is 2.22. The molecule has 0 spiro atoms. The Labute approximate surface area is 102 Å². The van der Waals surface area contributed by atoms with Gasteiger partial charge in [0.25, 0.3) is 0 Å². The van der Waals surface area contributed by atoms with Gasteiger partial charge in [-0.2, -0.15) is 0 Å². The van der Waals surface area contributed by atoms with E-state index in [-0.39, 0.29) is 11.5 Å². The fraction of sp³-hybridized carbons (Fsp3) is 0.538. The van der Waals surface area contributed by atoms with Crippen molar-refractivity contribution in [3.8, 4) is 11.5 Å². The molecule has 94 valence electrons. The molecule has 1 aromatic carbocycles. The number of piperazine rings is 1. The van der Waals surface area contributed by atoms with E-state index in [9.17, 15) is 10.2 Å². The van der Waals surface area contributed by atoms with Gasteiger partial charge in [0.1, 0.15) is 0 Å². The Morgan fingerprint density at radius 2 is 2.06 bits per heavy atom. The lowest BCUT2D eigenvalue weighted by Gasteiger charge is -2.37. The Morgan fingerprint density at radius 3 is 2.76 bits per heavy atom. The topological polar surface area (TPSA) is 55.7 Å². The highest BCUT2D eigenvalue weighted by molar-refractivity contribution is 5.40. The van der Waals surface area contributed by atoms with Crippen molar-refractivity contribution in [2.24, 2.45) is 0 Å². The number of phenols is 2. The predicted octanol–water partition coefficient (Wildman–Crippen LogP) is 1.28. The zero-order valence-electron chi connectivity index (χ0n) is 10.3. The summed E-state index contributed by atoms with van der Waals surface area (Å²) < 4.78 is 0. The summed E-state index contributed by atoms with van der Waals surface area (Å²) >= 11 is 0. The van der Waals surface area contributed by atoms with E-state index >= 15 is 0 Å². The summed E-state index contributed by atoms with van der Waals surface area (Å²) in [5.74, 6) is -0.103. The van der Waals surface area contributed by atoms with Crippen LogP contribution in [-0.4, -0.2) is 40.3 Å². The molecule has 1 saturated heterocycles. The van der Waals surface area contributed by atoms with Gasteiger partial charge in [0, 0.05) is 31.7 Å². The summed E-state index contributed by atoms with van der Waals surface area (Å²) in [5, 5.41) is 22.2. The summed E-state index contributed by atoms with van der Waals surface area (Å²) in [5.41, 5.74) is 1.03. The summed E-state index contributed by atoms with van der Waals surface area (Å²) in [6, 6.07) is 6.02. The number of hydrogen-bond acceptors (Lipinski definition) is 4. The molecule has 1 aliphatic heterocycles. The average Bonchev–Trinajstić information content (AvgIpc) is 2.29. The number of nitrogens with one attached hydrogen (secondary N) is 1. The van der Waals surface area contributed by atoms with E-state index in [1.807, 2.05) is 6.07 Å². The normalized spacial score (nSPS) is 26.0. The van der Waals surface area contributed by atoms with Gasteiger partial charge >= 0.3 is 0 Å². The van der Waals surface area contributed by atoms with E-state index < -0.39 is 0 Å². The lowest BCUT2D eigenvalue weighted by atomic mass is 10.1. The molecule has 1 fully saturated rings. The Kier molecular flexibility index (Phi) is 3.54. The van der Waals surface area contributed by atoms with E-state index in [2.05, 4.69) is 24.1 Å². The van der Waals surface area contributed by atoms with Gasteiger partial charge in [0.05, 0.1) is 0 Å². The molecule has 4 nitrogen and oxygen atoms in total. The van der Waals surface area contributed by atoms with E-state index in [1.165, 1.54) is 0 Å². The van der Waals surface area contributed by atoms with E-state index in [1.54, 1.807) is 12.1 Å². The first-order chi connectivity index (χ1) is 8.06. The van der Waals surface area contributed by atoms with Crippen LogP contribution in [0.5, 0.6) is 11.5 Å². The first-order valence-electron chi connectivity index (χ1n) is 6.04. The maximum absolute atomic E-state index is 9.47. The molecule has 3 N–H and O–H groups in total. The second kappa shape index (κ2) is 4.94. The summed E-state index contributed by atoms with van der Waals surface area (Å²) in [6.07, 6.45) is 0. The van der Waals surface area contributed by atoms with Crippen LogP contribution in [0.15, 0.2) is 18.2 Å². The van der Waals surface area contributed by atoms with Crippen molar-refractivity contribution in [1.29, 1.82) is 0 Å². The fourth-order valence-corrected chi connectivity index (χ4v) is 2.22. The van der Waals surface area contributed by atoms with Gasteiger partial charge in [-0.15, -0.1) is 0 Å². The summed E-state index contributed by atoms with van der Waals surface area (Å²) in [4.78, 5) is 2.38. The van der Waals surface area contributed by atoms with Crippen LogP contribution in [0.2, 0.25) is 0 Å². The fourth-order valence-electron chi connectivity index (χ4n) is 2.22. The third-order valence-corrected chi connectivity index (χ3v) is 3.32. The minimum Gasteiger partial charge on any atom is -0.504 e. The molecule has 0 amide bonds. The molecule has 0 aromatic heterocycles. The molecule has 2 rings (SSSR count). The van der Waals surface area contributed by atoms with Crippen molar-refractivity contribution in [1.82, 2.24) is 10.2 Å². The van der Waals surface area contributed by atoms with Crippen molar-refractivity contribution in [3.05, 3.63) is 23.8 Å². The molecule has 1 aliphatic rings. The van der Waals surface area contributed by atoms with Gasteiger partial charge in [0.15, 0.2) is 11.5 Å². The zero-order valence-corrected chi connectivity index (χ0v) is 10.3. The zero-order chi connectivity index (χ0) is 12.4. The van der Waals surface area contributed by atoms with Gasteiger partial charge < -0.3 is 15.5 Å². The molecular weight excluding hydrogens is 216 g/mol. The predicted molar refractivity (Wildman–Crippen MR) is 67.1 cm³/mol. The van der Waals surface area contributed by atoms with Crippen molar-refractivity contribution < 1.29 is 10.2 Å². The number of hydrogen-bond donors (Lipinski definition) is 3. The van der Waals surface area contributed by atoms with Crippen LogP contribution >= 0.6 is 0 Å². The van der Waals surface area contributed by atoms with Gasteiger partial charge in [-0.05, 0) is 31.5 Å². The van der Waals surface area contributed by atoms with Crippen LogP contribution in [0, 0.1) is 0 Å². The Morgan fingerprint density at radius 1 is 1.29 bits per heavy atom. The third-order valence-electron chi connectivity index (χ3n) is 3.32. The monoisotopic (exact) mass is 236 g/mol. The molecule has 0 saturated carbocycles. The summed E-state index contributed by atoms with van der Waals surface area (Å²) in [6.45, 7) is 7.17. The van der Waals surface area contributed by atoms with Crippen LogP contribution in [-0.2, 0) is 6.54 Å². The molecule has 4 heteroatoms. The van der Waals surface area contributed by atoms with Crippen LogP contribution in [0.25, 0.3) is 0 Å². The highest BCUT2D eigenvalue weighted by Crippen LogP contribution is 2.26. The van der Waals surface area contributed by atoms with Crippen LogP contribution in [0.1, 0.15) is 19.4 Å². The van der Waals surface area contributed by atoms with E-state index in [0.717, 1.165) is 25.2 Å². The van der Waals surface area contributed by atoms with Gasteiger partial charge in [0.2, 0.25) is 0 Å². The molecular formula is C13H20N2O2. The number of rotatable bonds is 2. The molecule has 1 aromatic rings. The molecule has 0 radical (unpaired) electrons. The standard InChI is InChI=1S/C13H20N2O2/c1-9-7-15(10(2)6-14-9)8-11-3-4-12(16)13(17)5-11/h3-5,9-10,14,16-17H,6-8H2,1-2H3. The molecule has 2 atom stereocenters. The maximum Gasteiger partial charge on any atom is 0.157 e. The number of nitrogens with zero attached hydrogens (tertiary/aromatic N) is 1. The van der Waals surface area contributed by atoms with Crippen LogP contribution < -0.4 is 5.32 Å². The van der Waals surface area contributed by atoms with Crippen molar-refractivity contribution >= 4 is 0 Å². The van der Waals surface area contributed by atoms with Crippen LogP contribution in [0.4, 0.5) is 0 Å². The number of aromatic hydroxyl groups is 2. The highest BCUT2D eigenvalue weighted by atomic mass is 16.3. The number of phenolic OH excluding ortho intramolecular Hbond substituents is 2. The first-order valence-corrected chi connectivity index (χ1v) is 6.04. The second-order valence-corrected chi connectivity index (χ2v) is 4.91. The van der Waals surface area contributed by atoms with Gasteiger partial charge in [-0.3, -0.25) is 4.90 Å². The third kappa shape index (κ3) is 2.90. The molecule has 17 heavy (non-hydrogen) atoms. The lowest BCUT2D eigenvalue weighted by Crippen LogP contribution is -2.53. The largest absolute Gasteiger partial charge is 0.504 e. The minimum atomic E-state index is -0.0597.